The Balaban J connectivity index is 2.65. The number of benzene rings is 1. The largest absolute Gasteiger partial charge is 0.493 e. The maximum Gasteiger partial charge on any atom is 0.258 e. The van der Waals surface area contributed by atoms with Crippen molar-refractivity contribution >= 4 is 5.91 Å². The number of carbonyl (C=O) groups excluding carboxylic acids is 1. The van der Waals surface area contributed by atoms with Crippen LogP contribution in [0.3, 0.4) is 0 Å². The van der Waals surface area contributed by atoms with Crippen molar-refractivity contribution in [1.29, 1.82) is 0 Å². The molecule has 20 heavy (non-hydrogen) atoms. The molecular weight excluding hydrogens is 256 g/mol. The van der Waals surface area contributed by atoms with Crippen LogP contribution in [0.1, 0.15) is 25.8 Å². The molecule has 0 aromatic heterocycles. The van der Waals surface area contributed by atoms with E-state index in [2.05, 4.69) is 10.6 Å². The van der Waals surface area contributed by atoms with Crippen molar-refractivity contribution in [3.63, 3.8) is 0 Å². The highest BCUT2D eigenvalue weighted by atomic mass is 16.5. The summed E-state index contributed by atoms with van der Waals surface area (Å²) in [6.45, 7) is 4.71. The first kappa shape index (κ1) is 16.3. The molecule has 1 aromatic carbocycles. The summed E-state index contributed by atoms with van der Waals surface area (Å²) in [5.74, 6) is 1.08. The summed E-state index contributed by atoms with van der Waals surface area (Å²) in [6.07, 6.45) is 0.896. The summed E-state index contributed by atoms with van der Waals surface area (Å²) in [5.41, 5.74) is 1.07. The Bertz CT molecular complexity index is 435. The average molecular weight is 280 g/mol. The Kier molecular flexibility index (Phi) is 6.87. The molecule has 0 aliphatic carbocycles. The molecule has 5 heteroatoms. The van der Waals surface area contributed by atoms with E-state index in [4.69, 9.17) is 9.47 Å². The van der Waals surface area contributed by atoms with E-state index in [0.717, 1.165) is 18.5 Å². The Hall–Kier alpha value is -1.75. The van der Waals surface area contributed by atoms with E-state index in [1.807, 2.05) is 39.1 Å². The molecular formula is C15H24N2O3. The minimum atomic E-state index is -0.125. The van der Waals surface area contributed by atoms with Crippen molar-refractivity contribution in [1.82, 2.24) is 10.6 Å². The molecule has 1 unspecified atom stereocenters. The molecule has 1 amide bonds. The zero-order valence-electron chi connectivity index (χ0n) is 12.7. The first-order chi connectivity index (χ1) is 9.60. The molecule has 0 heterocycles. The maximum atomic E-state index is 11.7. The molecule has 0 saturated carbocycles. The van der Waals surface area contributed by atoms with Gasteiger partial charge in [0.05, 0.1) is 7.11 Å². The van der Waals surface area contributed by atoms with Gasteiger partial charge in [0.15, 0.2) is 18.1 Å². The Morgan fingerprint density at radius 3 is 2.70 bits per heavy atom. The lowest BCUT2D eigenvalue weighted by Crippen LogP contribution is -2.35. The highest BCUT2D eigenvalue weighted by Crippen LogP contribution is 2.27. The van der Waals surface area contributed by atoms with Gasteiger partial charge in [0.2, 0.25) is 0 Å². The van der Waals surface area contributed by atoms with E-state index in [9.17, 15) is 4.79 Å². The summed E-state index contributed by atoms with van der Waals surface area (Å²) in [4.78, 5) is 11.7. The van der Waals surface area contributed by atoms with E-state index in [-0.39, 0.29) is 18.6 Å². The number of rotatable bonds is 8. The van der Waals surface area contributed by atoms with Gasteiger partial charge < -0.3 is 20.1 Å². The fraction of sp³-hybridized carbons (Fsp3) is 0.533. The second-order valence-electron chi connectivity index (χ2n) is 4.68. The lowest BCUT2D eigenvalue weighted by atomic mass is 10.2. The van der Waals surface area contributed by atoms with E-state index in [1.54, 1.807) is 7.11 Å². The number of hydrogen-bond donors (Lipinski definition) is 2. The van der Waals surface area contributed by atoms with E-state index < -0.39 is 0 Å². The third-order valence-corrected chi connectivity index (χ3v) is 2.99. The molecule has 0 radical (unpaired) electrons. The second-order valence-corrected chi connectivity index (χ2v) is 4.68. The number of methoxy groups -OCH3 is 1. The van der Waals surface area contributed by atoms with Crippen molar-refractivity contribution in [2.24, 2.45) is 0 Å². The quantitative estimate of drug-likeness (QED) is 0.761. The second kappa shape index (κ2) is 8.43. The average Bonchev–Trinajstić information content (AvgIpc) is 2.45. The minimum absolute atomic E-state index is 0.0102. The summed E-state index contributed by atoms with van der Waals surface area (Å²) in [5, 5.41) is 5.93. The molecule has 0 aliphatic rings. The van der Waals surface area contributed by atoms with Crippen molar-refractivity contribution in [2.45, 2.75) is 32.9 Å². The maximum absolute atomic E-state index is 11.7. The molecule has 1 rings (SSSR count). The predicted molar refractivity (Wildman–Crippen MR) is 79.1 cm³/mol. The molecule has 0 aliphatic heterocycles. The van der Waals surface area contributed by atoms with Gasteiger partial charge in [-0.2, -0.15) is 0 Å². The zero-order chi connectivity index (χ0) is 15.0. The fourth-order valence-corrected chi connectivity index (χ4v) is 1.71. The van der Waals surface area contributed by atoms with Gasteiger partial charge in [-0.25, -0.2) is 0 Å². The van der Waals surface area contributed by atoms with Gasteiger partial charge >= 0.3 is 0 Å². The van der Waals surface area contributed by atoms with Crippen LogP contribution in [0.4, 0.5) is 0 Å². The normalized spacial score (nSPS) is 11.8. The van der Waals surface area contributed by atoms with E-state index in [0.29, 0.717) is 11.5 Å². The highest BCUT2D eigenvalue weighted by Gasteiger charge is 2.10. The Morgan fingerprint density at radius 1 is 1.35 bits per heavy atom. The zero-order valence-corrected chi connectivity index (χ0v) is 12.7. The van der Waals surface area contributed by atoms with Crippen LogP contribution in [0.2, 0.25) is 0 Å². The molecule has 1 aromatic rings. The molecule has 0 spiro atoms. The molecule has 0 bridgehead atoms. The summed E-state index contributed by atoms with van der Waals surface area (Å²) >= 11 is 0. The van der Waals surface area contributed by atoms with Crippen LogP contribution in [0, 0.1) is 0 Å². The molecule has 1 atom stereocenters. The predicted octanol–water partition coefficient (Wildman–Crippen LogP) is 1.71. The number of nitrogens with one attached hydrogen (secondary N) is 2. The van der Waals surface area contributed by atoms with E-state index in [1.165, 1.54) is 0 Å². The SMILES string of the molecule is CCC(C)NC(=O)COc1cc(CNC)ccc1OC. The summed E-state index contributed by atoms with van der Waals surface area (Å²) < 4.78 is 10.8. The lowest BCUT2D eigenvalue weighted by Gasteiger charge is -2.14. The van der Waals surface area contributed by atoms with Gasteiger partial charge in [-0.3, -0.25) is 4.79 Å². The van der Waals surface area contributed by atoms with Gasteiger partial charge in [0.25, 0.3) is 5.91 Å². The van der Waals surface area contributed by atoms with Crippen molar-refractivity contribution < 1.29 is 14.3 Å². The number of amides is 1. The molecule has 112 valence electrons. The number of ether oxygens (including phenoxy) is 2. The smallest absolute Gasteiger partial charge is 0.258 e. The topological polar surface area (TPSA) is 59.6 Å². The molecule has 2 N–H and O–H groups in total. The first-order valence-electron chi connectivity index (χ1n) is 6.84. The number of carbonyl (C=O) groups is 1. The van der Waals surface area contributed by atoms with Crippen LogP contribution in [0.15, 0.2) is 18.2 Å². The van der Waals surface area contributed by atoms with Crippen LogP contribution >= 0.6 is 0 Å². The first-order valence-corrected chi connectivity index (χ1v) is 6.84. The third kappa shape index (κ3) is 5.09. The van der Waals surface area contributed by atoms with Gasteiger partial charge in [-0.05, 0) is 38.1 Å². The molecule has 5 nitrogen and oxygen atoms in total. The van der Waals surface area contributed by atoms with Crippen LogP contribution in [0.25, 0.3) is 0 Å². The van der Waals surface area contributed by atoms with Gasteiger partial charge in [-0.15, -0.1) is 0 Å². The highest BCUT2D eigenvalue weighted by molar-refractivity contribution is 5.77. The minimum Gasteiger partial charge on any atom is -0.493 e. The van der Waals surface area contributed by atoms with Crippen molar-refractivity contribution in [2.75, 3.05) is 20.8 Å². The van der Waals surface area contributed by atoms with E-state index >= 15 is 0 Å². The standard InChI is InChI=1S/C15H24N2O3/c1-5-11(2)17-15(18)10-20-14-8-12(9-16-3)6-7-13(14)19-4/h6-8,11,16H,5,9-10H2,1-4H3,(H,17,18). The van der Waals surface area contributed by atoms with Crippen LogP contribution in [0.5, 0.6) is 11.5 Å². The van der Waals surface area contributed by atoms with Crippen molar-refractivity contribution in [3.05, 3.63) is 23.8 Å². The Morgan fingerprint density at radius 2 is 2.10 bits per heavy atom. The van der Waals surface area contributed by atoms with Gasteiger partial charge in [0.1, 0.15) is 0 Å². The van der Waals surface area contributed by atoms with Gasteiger partial charge in [0, 0.05) is 12.6 Å². The lowest BCUT2D eigenvalue weighted by molar-refractivity contribution is -0.123. The van der Waals surface area contributed by atoms with Crippen LogP contribution < -0.4 is 20.1 Å². The van der Waals surface area contributed by atoms with Crippen molar-refractivity contribution in [3.8, 4) is 11.5 Å². The van der Waals surface area contributed by atoms with Gasteiger partial charge in [-0.1, -0.05) is 13.0 Å². The fourth-order valence-electron chi connectivity index (χ4n) is 1.71. The van der Waals surface area contributed by atoms with Crippen LogP contribution in [-0.4, -0.2) is 32.7 Å². The third-order valence-electron chi connectivity index (χ3n) is 2.99. The van der Waals surface area contributed by atoms with Crippen LogP contribution in [-0.2, 0) is 11.3 Å². The summed E-state index contributed by atoms with van der Waals surface area (Å²) in [7, 11) is 3.46. The number of hydrogen-bond acceptors (Lipinski definition) is 4. The molecule has 0 saturated heterocycles. The Labute approximate surface area is 120 Å². The monoisotopic (exact) mass is 280 g/mol. The molecule has 0 fully saturated rings. The summed E-state index contributed by atoms with van der Waals surface area (Å²) in [6, 6.07) is 5.84.